The fourth-order valence-corrected chi connectivity index (χ4v) is 9.95. The van der Waals surface area contributed by atoms with E-state index < -0.39 is 12.1 Å². The van der Waals surface area contributed by atoms with Gasteiger partial charge in [-0.2, -0.15) is 10.2 Å². The van der Waals surface area contributed by atoms with Crippen molar-refractivity contribution >= 4 is 45.8 Å². The first kappa shape index (κ1) is 40.5. The second-order valence-corrected chi connectivity index (χ2v) is 16.8. The molecule has 15 heteroatoms. The number of benzene rings is 2. The molecule has 2 aliphatic heterocycles. The number of hydrogen-bond donors (Lipinski definition) is 2. The van der Waals surface area contributed by atoms with Crippen LogP contribution in [0.15, 0.2) is 118 Å². The average Bonchev–Trinajstić information content (AvgIpc) is 4.07. The largest absolute Gasteiger partial charge is 0.463 e. The van der Waals surface area contributed by atoms with Crippen LogP contribution in [-0.2, 0) is 35.5 Å². The van der Waals surface area contributed by atoms with Crippen LogP contribution in [0.4, 0.5) is 0 Å². The number of nitrogens with zero attached hydrogens (tertiary/aromatic N) is 6. The molecule has 8 rings (SSSR count). The van der Waals surface area contributed by atoms with Crippen LogP contribution >= 0.6 is 34.0 Å². The first-order valence-electron chi connectivity index (χ1n) is 19.1. The van der Waals surface area contributed by atoms with E-state index in [2.05, 4.69) is 24.3 Å². The number of rotatable bonds is 15. The number of aromatic nitrogens is 4. The lowest BCUT2D eigenvalue weighted by Gasteiger charge is -2.38. The normalized spacial score (nSPS) is 17.4. The summed E-state index contributed by atoms with van der Waals surface area (Å²) < 4.78 is 15.3. The summed E-state index contributed by atoms with van der Waals surface area (Å²) in [4.78, 5) is 31.9. The van der Waals surface area contributed by atoms with Crippen molar-refractivity contribution in [2.45, 2.75) is 62.9 Å². The summed E-state index contributed by atoms with van der Waals surface area (Å²) >= 11 is 0. The Kier molecular flexibility index (Phi) is 13.3. The van der Waals surface area contributed by atoms with Gasteiger partial charge < -0.3 is 30.1 Å². The topological polar surface area (TPSA) is 155 Å². The van der Waals surface area contributed by atoms with E-state index in [0.29, 0.717) is 49.2 Å². The molecule has 2 amide bonds. The zero-order valence-electron chi connectivity index (χ0n) is 31.5. The molecule has 57 heavy (non-hydrogen) atoms. The molecule has 0 fully saturated rings. The summed E-state index contributed by atoms with van der Waals surface area (Å²) in [6.07, 6.45) is 6.36. The van der Waals surface area contributed by atoms with Crippen LogP contribution in [-0.4, -0.2) is 77.9 Å². The van der Waals surface area contributed by atoms with E-state index >= 15 is 0 Å². The Bertz CT molecular complexity index is 2040. The molecule has 4 N–H and O–H groups in total. The molecule has 2 aromatic carbocycles. The molecule has 0 spiro atoms. The molecule has 298 valence electrons. The Morgan fingerprint density at radius 3 is 1.44 bits per heavy atom. The molecular weight excluding hydrogens is 780 g/mol. The Morgan fingerprint density at radius 1 is 0.632 bits per heavy atom. The molecule has 0 aliphatic carbocycles. The SMILES string of the molecule is Cl.N[C@@H](CSSC[C@H](N)C(=O)N1CCn2nc(-c3ccco3)cc2C1CCc1ccccc1)C(=O)N1CCn2nc(-c3ccco3)cc2C1CCc1ccccc1. The van der Waals surface area contributed by atoms with E-state index in [4.69, 9.17) is 30.5 Å². The second kappa shape index (κ2) is 18.7. The highest BCUT2D eigenvalue weighted by Crippen LogP contribution is 2.36. The highest BCUT2D eigenvalue weighted by Gasteiger charge is 2.36. The summed E-state index contributed by atoms with van der Waals surface area (Å²) in [7, 11) is 2.97. The third kappa shape index (κ3) is 9.21. The van der Waals surface area contributed by atoms with E-state index in [1.807, 2.05) is 92.0 Å². The first-order valence-corrected chi connectivity index (χ1v) is 21.6. The summed E-state index contributed by atoms with van der Waals surface area (Å²) in [5, 5.41) is 9.62. The van der Waals surface area contributed by atoms with Crippen LogP contribution in [0.1, 0.15) is 47.4 Å². The predicted octanol–water partition coefficient (Wildman–Crippen LogP) is 6.79. The molecule has 4 atom stereocenters. The lowest BCUT2D eigenvalue weighted by molar-refractivity contribution is -0.136. The van der Waals surface area contributed by atoms with Gasteiger partial charge in [0.15, 0.2) is 11.5 Å². The molecule has 0 saturated carbocycles. The van der Waals surface area contributed by atoms with Gasteiger partial charge in [0.2, 0.25) is 11.8 Å². The maximum atomic E-state index is 14.0. The quantitative estimate of drug-likeness (QED) is 0.0836. The number of carbonyl (C=O) groups excluding carboxylic acids is 2. The van der Waals surface area contributed by atoms with Crippen LogP contribution in [0.2, 0.25) is 0 Å². The van der Waals surface area contributed by atoms with Crippen molar-refractivity contribution < 1.29 is 18.4 Å². The molecular formula is C42H47ClN8O4S2. The van der Waals surface area contributed by atoms with Crippen molar-refractivity contribution in [3.63, 3.8) is 0 Å². The lowest BCUT2D eigenvalue weighted by atomic mass is 9.99. The Morgan fingerprint density at radius 2 is 1.05 bits per heavy atom. The Balaban J connectivity index is 0.00000496. The fraction of sp³-hybridized carbons (Fsp3) is 0.333. The van der Waals surface area contributed by atoms with Crippen molar-refractivity contribution in [3.05, 3.63) is 132 Å². The molecule has 2 unspecified atom stereocenters. The maximum absolute atomic E-state index is 14.0. The van der Waals surface area contributed by atoms with Crippen molar-refractivity contribution in [2.75, 3.05) is 24.6 Å². The van der Waals surface area contributed by atoms with Gasteiger partial charge in [0.1, 0.15) is 11.4 Å². The average molecular weight is 827 g/mol. The lowest BCUT2D eigenvalue weighted by Crippen LogP contribution is -2.50. The van der Waals surface area contributed by atoms with E-state index in [1.165, 1.54) is 32.7 Å². The number of amides is 2. The van der Waals surface area contributed by atoms with Crippen molar-refractivity contribution in [1.82, 2.24) is 29.4 Å². The predicted molar refractivity (Wildman–Crippen MR) is 226 cm³/mol. The maximum Gasteiger partial charge on any atom is 0.241 e. The summed E-state index contributed by atoms with van der Waals surface area (Å²) in [6.45, 7) is 2.17. The summed E-state index contributed by atoms with van der Waals surface area (Å²) in [5.41, 5.74) is 19.1. The van der Waals surface area contributed by atoms with E-state index in [-0.39, 0.29) is 36.3 Å². The van der Waals surface area contributed by atoms with E-state index in [0.717, 1.165) is 48.5 Å². The number of furan rings is 2. The Labute approximate surface area is 346 Å². The van der Waals surface area contributed by atoms with Gasteiger partial charge in [0, 0.05) is 24.6 Å². The fourth-order valence-electron chi connectivity index (χ4n) is 7.72. The number of carbonyl (C=O) groups is 2. The minimum absolute atomic E-state index is 0. The minimum atomic E-state index is -0.717. The monoisotopic (exact) mass is 826 g/mol. The van der Waals surface area contributed by atoms with E-state index in [9.17, 15) is 9.59 Å². The molecule has 6 heterocycles. The molecule has 0 saturated heterocycles. The summed E-state index contributed by atoms with van der Waals surface area (Å²) in [6, 6.07) is 30.3. The highest BCUT2D eigenvalue weighted by atomic mass is 35.5. The zero-order valence-corrected chi connectivity index (χ0v) is 33.9. The molecule has 0 bridgehead atoms. The van der Waals surface area contributed by atoms with Gasteiger partial charge in [0.25, 0.3) is 0 Å². The van der Waals surface area contributed by atoms with Crippen molar-refractivity contribution in [2.24, 2.45) is 11.5 Å². The second-order valence-electron chi connectivity index (χ2n) is 14.2. The van der Waals surface area contributed by atoms with Crippen LogP contribution in [0, 0.1) is 0 Å². The van der Waals surface area contributed by atoms with Gasteiger partial charge in [0.05, 0.1) is 61.2 Å². The standard InChI is InChI=1S/C42H46N8O4S2.ClH/c43-31(41(51)47-19-21-49-37(25-33(45-49)39-13-7-23-53-39)35(47)17-15-29-9-3-1-4-10-29)27-55-56-28-32(44)42(52)48-20-22-50-38(26-34(46-50)40-14-8-24-54-40)36(48)18-16-30-11-5-2-6-12-30;/h1-14,23-26,31-32,35-36H,15-22,27-28,43-44H2;1H/t31-,32-,35?,36?;/m0./s1. The number of hydrogen-bond acceptors (Lipinski definition) is 10. The van der Waals surface area contributed by atoms with Crippen LogP contribution in [0.3, 0.4) is 0 Å². The first-order chi connectivity index (χ1) is 27.4. The van der Waals surface area contributed by atoms with Crippen molar-refractivity contribution in [1.29, 1.82) is 0 Å². The molecule has 12 nitrogen and oxygen atoms in total. The minimum Gasteiger partial charge on any atom is -0.463 e. The third-order valence-electron chi connectivity index (χ3n) is 10.6. The highest BCUT2D eigenvalue weighted by molar-refractivity contribution is 8.76. The van der Waals surface area contributed by atoms with Gasteiger partial charge in [-0.05, 0) is 73.2 Å². The summed E-state index contributed by atoms with van der Waals surface area (Å²) in [5.74, 6) is 1.99. The Hall–Kier alpha value is -4.73. The van der Waals surface area contributed by atoms with Gasteiger partial charge in [-0.15, -0.1) is 12.4 Å². The number of fused-ring (bicyclic) bond motifs is 2. The van der Waals surface area contributed by atoms with Crippen LogP contribution in [0.5, 0.6) is 0 Å². The van der Waals surface area contributed by atoms with Crippen LogP contribution < -0.4 is 11.5 Å². The van der Waals surface area contributed by atoms with Crippen molar-refractivity contribution in [3.8, 4) is 22.9 Å². The third-order valence-corrected chi connectivity index (χ3v) is 13.1. The zero-order chi connectivity index (χ0) is 38.4. The number of nitrogens with two attached hydrogens (primary N) is 2. The molecule has 2 aliphatic rings. The molecule has 6 aromatic rings. The molecule has 0 radical (unpaired) electrons. The van der Waals surface area contributed by atoms with Gasteiger partial charge in [-0.25, -0.2) is 0 Å². The van der Waals surface area contributed by atoms with E-state index in [1.54, 1.807) is 12.5 Å². The smallest absolute Gasteiger partial charge is 0.241 e. The van der Waals surface area contributed by atoms with Crippen LogP contribution in [0.25, 0.3) is 22.9 Å². The van der Waals surface area contributed by atoms with Gasteiger partial charge in [-0.1, -0.05) is 82.3 Å². The van der Waals surface area contributed by atoms with Gasteiger partial charge >= 0.3 is 0 Å². The number of halogens is 1. The molecule has 4 aromatic heterocycles. The van der Waals surface area contributed by atoms with Gasteiger partial charge in [-0.3, -0.25) is 19.0 Å². The number of aryl methyl sites for hydroxylation is 2.